The number of aryl methyl sites for hydroxylation is 1. The van der Waals surface area contributed by atoms with E-state index in [4.69, 9.17) is 0 Å². The molecule has 1 fully saturated rings. The molecular formula is C14H16N2O2S. The first-order chi connectivity index (χ1) is 9.22. The normalized spacial score (nSPS) is 19.1. The van der Waals surface area contributed by atoms with Crippen molar-refractivity contribution in [2.75, 3.05) is 11.5 Å². The van der Waals surface area contributed by atoms with Crippen molar-refractivity contribution in [2.45, 2.75) is 25.8 Å². The molecule has 4 nitrogen and oxygen atoms in total. The van der Waals surface area contributed by atoms with Crippen molar-refractivity contribution in [3.8, 4) is 0 Å². The van der Waals surface area contributed by atoms with Crippen molar-refractivity contribution < 1.29 is 9.90 Å². The van der Waals surface area contributed by atoms with Crippen LogP contribution in [0.1, 0.15) is 35.6 Å². The lowest BCUT2D eigenvalue weighted by Gasteiger charge is -2.15. The highest BCUT2D eigenvalue weighted by molar-refractivity contribution is 7.99. The van der Waals surface area contributed by atoms with Gasteiger partial charge < -0.3 is 9.67 Å². The summed E-state index contributed by atoms with van der Waals surface area (Å²) in [6, 6.07) is 5.88. The lowest BCUT2D eigenvalue weighted by atomic mass is 10.1. The number of aromatic carboxylic acids is 1. The number of nitrogens with zero attached hydrogens (tertiary/aromatic N) is 2. The molecule has 1 aromatic heterocycles. The van der Waals surface area contributed by atoms with Gasteiger partial charge in [0.15, 0.2) is 0 Å². The number of carboxylic acid groups (broad SMARTS) is 1. The zero-order valence-electron chi connectivity index (χ0n) is 10.8. The Balaban J connectivity index is 2.24. The lowest BCUT2D eigenvalue weighted by Crippen LogP contribution is -2.11. The number of thioether (sulfide) groups is 1. The monoisotopic (exact) mass is 276 g/mol. The number of hydrogen-bond acceptors (Lipinski definition) is 3. The van der Waals surface area contributed by atoms with Gasteiger partial charge in [0.2, 0.25) is 0 Å². The molecule has 1 aliphatic rings. The maximum atomic E-state index is 11.3. The van der Waals surface area contributed by atoms with E-state index < -0.39 is 5.97 Å². The Morgan fingerprint density at radius 3 is 3.05 bits per heavy atom. The fourth-order valence-corrected chi connectivity index (χ4v) is 3.91. The molecule has 1 unspecified atom stereocenters. The van der Waals surface area contributed by atoms with Gasteiger partial charge in [0.1, 0.15) is 11.3 Å². The second kappa shape index (κ2) is 4.89. The Morgan fingerprint density at radius 1 is 1.58 bits per heavy atom. The summed E-state index contributed by atoms with van der Waals surface area (Å²) in [5, 5.41) is 9.27. The summed E-state index contributed by atoms with van der Waals surface area (Å²) in [4.78, 5) is 15.9. The molecule has 0 bridgehead atoms. The summed E-state index contributed by atoms with van der Waals surface area (Å²) >= 11 is 1.95. The van der Waals surface area contributed by atoms with E-state index in [1.165, 1.54) is 5.75 Å². The molecule has 3 rings (SSSR count). The maximum Gasteiger partial charge on any atom is 0.337 e. The first-order valence-electron chi connectivity index (χ1n) is 6.53. The summed E-state index contributed by atoms with van der Waals surface area (Å²) in [7, 11) is 0. The van der Waals surface area contributed by atoms with Gasteiger partial charge in [-0.2, -0.15) is 11.8 Å². The predicted octanol–water partition coefficient (Wildman–Crippen LogP) is 2.97. The summed E-state index contributed by atoms with van der Waals surface area (Å²) < 4.78 is 2.25. The third-order valence-electron chi connectivity index (χ3n) is 3.61. The summed E-state index contributed by atoms with van der Waals surface area (Å²) in [6.07, 6.45) is 1.97. The van der Waals surface area contributed by atoms with Gasteiger partial charge in [-0.05, 0) is 24.3 Å². The number of hydrogen-bond donors (Lipinski definition) is 1. The third-order valence-corrected chi connectivity index (χ3v) is 4.76. The second-order valence-electron chi connectivity index (χ2n) is 4.75. The molecule has 5 heteroatoms. The Kier molecular flexibility index (Phi) is 3.22. The minimum atomic E-state index is -0.904. The summed E-state index contributed by atoms with van der Waals surface area (Å²) in [5.74, 6) is 2.36. The van der Waals surface area contributed by atoms with Crippen LogP contribution in [0.3, 0.4) is 0 Å². The van der Waals surface area contributed by atoms with Gasteiger partial charge in [-0.25, -0.2) is 9.78 Å². The van der Waals surface area contributed by atoms with Gasteiger partial charge in [0.05, 0.1) is 11.1 Å². The van der Waals surface area contributed by atoms with Crippen LogP contribution in [-0.4, -0.2) is 32.1 Å². The van der Waals surface area contributed by atoms with Crippen molar-refractivity contribution in [3.05, 3.63) is 29.6 Å². The number of carbonyl (C=O) groups is 1. The molecule has 0 radical (unpaired) electrons. The molecule has 2 heterocycles. The molecule has 1 atom stereocenters. The number of benzene rings is 1. The zero-order chi connectivity index (χ0) is 13.4. The third kappa shape index (κ3) is 2.02. The quantitative estimate of drug-likeness (QED) is 0.936. The molecule has 1 N–H and O–H groups in total. The highest BCUT2D eigenvalue weighted by atomic mass is 32.2. The van der Waals surface area contributed by atoms with Crippen molar-refractivity contribution in [2.24, 2.45) is 0 Å². The van der Waals surface area contributed by atoms with Crippen LogP contribution in [-0.2, 0) is 6.42 Å². The van der Waals surface area contributed by atoms with Gasteiger partial charge in [-0.3, -0.25) is 0 Å². The Bertz CT molecular complexity index is 630. The van der Waals surface area contributed by atoms with Gasteiger partial charge in [0, 0.05) is 18.2 Å². The largest absolute Gasteiger partial charge is 0.478 e. The molecular weight excluding hydrogens is 260 g/mol. The average Bonchev–Trinajstić information content (AvgIpc) is 3.03. The summed E-state index contributed by atoms with van der Waals surface area (Å²) in [5.41, 5.74) is 1.89. The van der Waals surface area contributed by atoms with Gasteiger partial charge in [0.25, 0.3) is 0 Å². The highest BCUT2D eigenvalue weighted by Crippen LogP contribution is 2.33. The van der Waals surface area contributed by atoms with Crippen LogP contribution in [0.15, 0.2) is 18.2 Å². The van der Waals surface area contributed by atoms with Crippen LogP contribution >= 0.6 is 11.8 Å². The Morgan fingerprint density at radius 2 is 2.42 bits per heavy atom. The molecule has 1 saturated heterocycles. The lowest BCUT2D eigenvalue weighted by molar-refractivity contribution is 0.0699. The highest BCUT2D eigenvalue weighted by Gasteiger charge is 2.24. The fraction of sp³-hybridized carbons (Fsp3) is 0.429. The first-order valence-corrected chi connectivity index (χ1v) is 7.68. The smallest absolute Gasteiger partial charge is 0.337 e. The van der Waals surface area contributed by atoms with E-state index in [0.29, 0.717) is 17.1 Å². The minimum Gasteiger partial charge on any atom is -0.478 e. The van der Waals surface area contributed by atoms with Gasteiger partial charge in [-0.15, -0.1) is 0 Å². The van der Waals surface area contributed by atoms with E-state index in [0.717, 1.165) is 29.9 Å². The maximum absolute atomic E-state index is 11.3. The van der Waals surface area contributed by atoms with Crippen molar-refractivity contribution in [3.63, 3.8) is 0 Å². The first kappa shape index (κ1) is 12.5. The number of para-hydroxylation sites is 1. The van der Waals surface area contributed by atoms with Crippen molar-refractivity contribution in [1.29, 1.82) is 0 Å². The number of fused-ring (bicyclic) bond motifs is 1. The molecule has 0 aliphatic carbocycles. The number of imidazole rings is 1. The standard InChI is InChI=1S/C14H16N2O2S/c1-2-12-15-13-10(14(17)18)4-3-5-11(13)16(12)9-6-7-19-8-9/h3-5,9H,2,6-8H2,1H3,(H,17,18). The zero-order valence-corrected chi connectivity index (χ0v) is 11.6. The van der Waals surface area contributed by atoms with E-state index in [1.807, 2.05) is 23.9 Å². The topological polar surface area (TPSA) is 55.1 Å². The van der Waals surface area contributed by atoms with Crippen molar-refractivity contribution >= 4 is 28.8 Å². The van der Waals surface area contributed by atoms with Crippen LogP contribution in [0.4, 0.5) is 0 Å². The Hall–Kier alpha value is -1.49. The molecule has 100 valence electrons. The average molecular weight is 276 g/mol. The molecule has 1 aromatic carbocycles. The summed E-state index contributed by atoms with van der Waals surface area (Å²) in [6.45, 7) is 2.07. The van der Waals surface area contributed by atoms with E-state index in [2.05, 4.69) is 16.5 Å². The van der Waals surface area contributed by atoms with Crippen LogP contribution in [0.2, 0.25) is 0 Å². The number of aromatic nitrogens is 2. The molecule has 19 heavy (non-hydrogen) atoms. The molecule has 1 aliphatic heterocycles. The van der Waals surface area contributed by atoms with Crippen LogP contribution in [0, 0.1) is 0 Å². The molecule has 0 amide bonds. The van der Waals surface area contributed by atoms with E-state index in [9.17, 15) is 9.90 Å². The van der Waals surface area contributed by atoms with Gasteiger partial charge in [-0.1, -0.05) is 13.0 Å². The van der Waals surface area contributed by atoms with Crippen LogP contribution < -0.4 is 0 Å². The van der Waals surface area contributed by atoms with Gasteiger partial charge >= 0.3 is 5.97 Å². The second-order valence-corrected chi connectivity index (χ2v) is 5.90. The fourth-order valence-electron chi connectivity index (χ4n) is 2.72. The number of carboxylic acids is 1. The van der Waals surface area contributed by atoms with Crippen LogP contribution in [0.5, 0.6) is 0 Å². The molecule has 0 saturated carbocycles. The van der Waals surface area contributed by atoms with E-state index in [-0.39, 0.29) is 0 Å². The molecule has 2 aromatic rings. The van der Waals surface area contributed by atoms with Crippen LogP contribution in [0.25, 0.3) is 11.0 Å². The SMILES string of the molecule is CCc1nc2c(C(=O)O)cccc2n1C1CCSC1. The predicted molar refractivity (Wildman–Crippen MR) is 77.0 cm³/mol. The molecule has 0 spiro atoms. The van der Waals surface area contributed by atoms with E-state index >= 15 is 0 Å². The Labute approximate surface area is 115 Å². The van der Waals surface area contributed by atoms with Crippen molar-refractivity contribution in [1.82, 2.24) is 9.55 Å². The number of rotatable bonds is 3. The minimum absolute atomic E-state index is 0.302. The van der Waals surface area contributed by atoms with E-state index in [1.54, 1.807) is 6.07 Å².